The lowest BCUT2D eigenvalue weighted by atomic mass is 9.54. The van der Waals surface area contributed by atoms with Gasteiger partial charge in [-0.3, -0.25) is 4.90 Å². The van der Waals surface area contributed by atoms with Crippen LogP contribution in [0.15, 0.2) is 30.3 Å². The quantitative estimate of drug-likeness (QED) is 0.770. The highest BCUT2D eigenvalue weighted by atomic mass is 16.6. The largest absolute Gasteiger partial charge is 0.465 e. The van der Waals surface area contributed by atoms with Crippen LogP contribution in [0.3, 0.4) is 0 Å². The molecule has 0 aromatic heterocycles. The highest BCUT2D eigenvalue weighted by molar-refractivity contribution is 5.71. The van der Waals surface area contributed by atoms with Gasteiger partial charge >= 0.3 is 12.2 Å². The van der Waals surface area contributed by atoms with Gasteiger partial charge in [-0.1, -0.05) is 43.7 Å². The summed E-state index contributed by atoms with van der Waals surface area (Å²) in [4.78, 5) is 27.7. The van der Waals surface area contributed by atoms with Crippen LogP contribution in [0.1, 0.15) is 44.6 Å². The number of carboxylic acid groups (broad SMARTS) is 1. The summed E-state index contributed by atoms with van der Waals surface area (Å²) in [6.07, 6.45) is 4.60. The monoisotopic (exact) mass is 427 g/mol. The molecule has 1 aromatic carbocycles. The van der Waals surface area contributed by atoms with Gasteiger partial charge in [0.15, 0.2) is 0 Å². The Morgan fingerprint density at radius 3 is 2.58 bits per heavy atom. The minimum Gasteiger partial charge on any atom is -0.465 e. The summed E-state index contributed by atoms with van der Waals surface area (Å²) >= 11 is 0. The molecule has 0 bridgehead atoms. The minimum atomic E-state index is -0.782. The average Bonchev–Trinajstić information content (AvgIpc) is 3.32. The van der Waals surface area contributed by atoms with Crippen molar-refractivity contribution in [2.45, 2.75) is 63.1 Å². The standard InChI is InChI=1S/C24H33N3O4/c1-2-18-19(15-23(18)8-11-27(16-23)22(29)30)26-12-9-24(10-13-26)20(25-21(28)31-24)14-17-6-4-3-5-7-17/h3-7,18-20H,2,8-16H2,1H3,(H,25,28)(H,29,30). The van der Waals surface area contributed by atoms with Crippen LogP contribution < -0.4 is 5.32 Å². The zero-order chi connectivity index (χ0) is 21.6. The van der Waals surface area contributed by atoms with Crippen LogP contribution in [0.25, 0.3) is 0 Å². The number of benzene rings is 1. The summed E-state index contributed by atoms with van der Waals surface area (Å²) in [5.41, 5.74) is 0.973. The molecule has 168 valence electrons. The first-order chi connectivity index (χ1) is 14.9. The molecular formula is C24H33N3O4. The summed E-state index contributed by atoms with van der Waals surface area (Å²) < 4.78 is 5.89. The van der Waals surface area contributed by atoms with Crippen molar-refractivity contribution < 1.29 is 19.4 Å². The minimum absolute atomic E-state index is 0.0122. The summed E-state index contributed by atoms with van der Waals surface area (Å²) in [7, 11) is 0. The smallest absolute Gasteiger partial charge is 0.408 e. The molecule has 2 N–H and O–H groups in total. The zero-order valence-electron chi connectivity index (χ0n) is 18.3. The lowest BCUT2D eigenvalue weighted by Gasteiger charge is -2.58. The number of rotatable bonds is 4. The van der Waals surface area contributed by atoms with E-state index in [1.807, 2.05) is 18.2 Å². The fourth-order valence-corrected chi connectivity index (χ4v) is 6.91. The predicted octanol–water partition coefficient (Wildman–Crippen LogP) is 3.34. The van der Waals surface area contributed by atoms with E-state index in [1.165, 1.54) is 5.56 Å². The summed E-state index contributed by atoms with van der Waals surface area (Å²) in [6, 6.07) is 10.8. The van der Waals surface area contributed by atoms with Crippen LogP contribution in [-0.2, 0) is 11.2 Å². The Kier molecular flexibility index (Phi) is 5.12. The van der Waals surface area contributed by atoms with Crippen molar-refractivity contribution in [1.29, 1.82) is 0 Å². The maximum absolute atomic E-state index is 12.2. The van der Waals surface area contributed by atoms with Crippen molar-refractivity contribution in [2.75, 3.05) is 26.2 Å². The molecule has 3 saturated heterocycles. The molecule has 7 nitrogen and oxygen atoms in total. The van der Waals surface area contributed by atoms with Gasteiger partial charge in [0.1, 0.15) is 5.60 Å². The van der Waals surface area contributed by atoms with Gasteiger partial charge in [-0.05, 0) is 36.2 Å². The first-order valence-electron chi connectivity index (χ1n) is 11.7. The second kappa shape index (κ2) is 7.69. The van der Waals surface area contributed by atoms with Crippen molar-refractivity contribution in [3.63, 3.8) is 0 Å². The van der Waals surface area contributed by atoms with Gasteiger partial charge in [-0.25, -0.2) is 9.59 Å². The molecule has 4 unspecified atom stereocenters. The van der Waals surface area contributed by atoms with Crippen LogP contribution in [-0.4, -0.2) is 71.0 Å². The second-order valence-electron chi connectivity index (χ2n) is 9.98. The van der Waals surface area contributed by atoms with E-state index in [9.17, 15) is 14.7 Å². The van der Waals surface area contributed by atoms with Crippen molar-refractivity contribution in [3.8, 4) is 0 Å². The lowest BCUT2D eigenvalue weighted by molar-refractivity contribution is -0.102. The number of nitrogens with one attached hydrogen (secondary N) is 1. The van der Waals surface area contributed by atoms with E-state index in [0.29, 0.717) is 25.0 Å². The zero-order valence-corrected chi connectivity index (χ0v) is 18.3. The van der Waals surface area contributed by atoms with Gasteiger partial charge in [-0.15, -0.1) is 0 Å². The number of amides is 2. The van der Waals surface area contributed by atoms with E-state index >= 15 is 0 Å². The number of hydrogen-bond donors (Lipinski definition) is 2. The first kappa shape index (κ1) is 20.6. The molecule has 4 atom stereocenters. The van der Waals surface area contributed by atoms with Crippen LogP contribution in [0, 0.1) is 11.3 Å². The maximum atomic E-state index is 12.2. The van der Waals surface area contributed by atoms with Gasteiger partial charge in [0.25, 0.3) is 0 Å². The summed E-state index contributed by atoms with van der Waals surface area (Å²) in [5, 5.41) is 12.4. The fourth-order valence-electron chi connectivity index (χ4n) is 6.91. The van der Waals surface area contributed by atoms with Gasteiger partial charge in [0, 0.05) is 45.1 Å². The molecule has 3 aliphatic heterocycles. The number of hydrogen-bond acceptors (Lipinski definition) is 4. The molecule has 1 aliphatic carbocycles. The maximum Gasteiger partial charge on any atom is 0.408 e. The lowest BCUT2D eigenvalue weighted by Crippen LogP contribution is -2.63. The van der Waals surface area contributed by atoms with Gasteiger partial charge in [-0.2, -0.15) is 0 Å². The highest BCUT2D eigenvalue weighted by Crippen LogP contribution is 2.56. The molecule has 7 heteroatoms. The molecule has 5 rings (SSSR count). The number of alkyl carbamates (subject to hydrolysis) is 1. The third kappa shape index (κ3) is 3.47. The Balaban J connectivity index is 1.23. The van der Waals surface area contributed by atoms with Gasteiger partial charge < -0.3 is 20.1 Å². The van der Waals surface area contributed by atoms with Crippen molar-refractivity contribution in [3.05, 3.63) is 35.9 Å². The van der Waals surface area contributed by atoms with E-state index in [4.69, 9.17) is 4.74 Å². The molecular weight excluding hydrogens is 394 g/mol. The van der Waals surface area contributed by atoms with E-state index in [-0.39, 0.29) is 17.6 Å². The third-order valence-corrected chi connectivity index (χ3v) is 8.58. The Labute approximate surface area is 183 Å². The summed E-state index contributed by atoms with van der Waals surface area (Å²) in [6.45, 7) is 5.46. The number of carbonyl (C=O) groups is 2. The number of carbonyl (C=O) groups excluding carboxylic acids is 1. The van der Waals surface area contributed by atoms with E-state index in [2.05, 4.69) is 29.3 Å². The van der Waals surface area contributed by atoms with E-state index in [0.717, 1.165) is 51.6 Å². The number of piperidine rings is 1. The van der Waals surface area contributed by atoms with Crippen LogP contribution >= 0.6 is 0 Å². The third-order valence-electron chi connectivity index (χ3n) is 8.58. The molecule has 3 heterocycles. The molecule has 2 amide bonds. The van der Waals surface area contributed by atoms with Gasteiger partial charge in [0.2, 0.25) is 0 Å². The molecule has 4 aliphatic rings. The highest BCUT2D eigenvalue weighted by Gasteiger charge is 2.59. The molecule has 4 fully saturated rings. The topological polar surface area (TPSA) is 82.1 Å². The normalized spacial score (nSPS) is 34.5. The average molecular weight is 428 g/mol. The molecule has 0 radical (unpaired) electrons. The Morgan fingerprint density at radius 1 is 1.19 bits per heavy atom. The van der Waals surface area contributed by atoms with Crippen LogP contribution in [0.2, 0.25) is 0 Å². The SMILES string of the molecule is CCC1C(N2CCC3(CC2)OC(=O)NC3Cc2ccccc2)CC12CCN(C(=O)O)C2. The molecule has 1 aromatic rings. The van der Waals surface area contributed by atoms with Crippen LogP contribution in [0.5, 0.6) is 0 Å². The second-order valence-corrected chi connectivity index (χ2v) is 9.98. The van der Waals surface area contributed by atoms with Crippen molar-refractivity contribution >= 4 is 12.2 Å². The van der Waals surface area contributed by atoms with E-state index < -0.39 is 11.7 Å². The Hall–Kier alpha value is -2.28. The van der Waals surface area contributed by atoms with E-state index in [1.54, 1.807) is 4.90 Å². The summed E-state index contributed by atoms with van der Waals surface area (Å²) in [5.74, 6) is 0.551. The van der Waals surface area contributed by atoms with Crippen molar-refractivity contribution in [2.24, 2.45) is 11.3 Å². The number of likely N-dealkylation sites (tertiary alicyclic amines) is 2. The molecule has 1 saturated carbocycles. The first-order valence-corrected chi connectivity index (χ1v) is 11.7. The number of ether oxygens (including phenoxy) is 1. The van der Waals surface area contributed by atoms with Gasteiger partial charge in [0.05, 0.1) is 6.04 Å². The van der Waals surface area contributed by atoms with Crippen molar-refractivity contribution in [1.82, 2.24) is 15.1 Å². The molecule has 2 spiro atoms. The Bertz CT molecular complexity index is 838. The molecule has 31 heavy (non-hydrogen) atoms. The fraction of sp³-hybridized carbons (Fsp3) is 0.667. The van der Waals surface area contributed by atoms with Crippen LogP contribution in [0.4, 0.5) is 9.59 Å². The Morgan fingerprint density at radius 2 is 1.94 bits per heavy atom. The number of nitrogens with zero attached hydrogens (tertiary/aromatic N) is 2. The predicted molar refractivity (Wildman–Crippen MR) is 116 cm³/mol.